The van der Waals surface area contributed by atoms with E-state index in [9.17, 15) is 14.4 Å². The molecule has 2 N–H and O–H groups in total. The third-order valence-electron chi connectivity index (χ3n) is 3.54. The minimum absolute atomic E-state index is 0.155. The molecule has 0 aliphatic heterocycles. The lowest BCUT2D eigenvalue weighted by molar-refractivity contribution is 0.0654. The average molecular weight is 316 g/mol. The van der Waals surface area contributed by atoms with Gasteiger partial charge in [-0.05, 0) is 18.6 Å². The van der Waals surface area contributed by atoms with Crippen molar-refractivity contribution in [2.45, 2.75) is 19.8 Å². The molecule has 0 spiro atoms. The fourth-order valence-corrected chi connectivity index (χ4v) is 2.57. The van der Waals surface area contributed by atoms with Gasteiger partial charge in [-0.15, -0.1) is 0 Å². The van der Waals surface area contributed by atoms with Crippen molar-refractivity contribution in [1.82, 2.24) is 0 Å². The minimum atomic E-state index is -1.34. The summed E-state index contributed by atoms with van der Waals surface area (Å²) < 4.78 is 10.6. The number of rotatable bonds is 4. The van der Waals surface area contributed by atoms with Crippen LogP contribution in [-0.4, -0.2) is 22.2 Å². The van der Waals surface area contributed by atoms with E-state index in [-0.39, 0.29) is 22.3 Å². The van der Waals surface area contributed by atoms with Gasteiger partial charge in [0.15, 0.2) is 5.43 Å². The van der Waals surface area contributed by atoms with E-state index in [1.807, 2.05) is 6.92 Å². The Labute approximate surface area is 128 Å². The van der Waals surface area contributed by atoms with E-state index < -0.39 is 23.1 Å². The van der Waals surface area contributed by atoms with Crippen molar-refractivity contribution in [2.24, 2.45) is 0 Å². The van der Waals surface area contributed by atoms with Crippen molar-refractivity contribution >= 4 is 33.9 Å². The van der Waals surface area contributed by atoms with Gasteiger partial charge in [0.1, 0.15) is 11.2 Å². The number of furan rings is 1. The molecule has 0 saturated carbocycles. The molecule has 0 atom stereocenters. The summed E-state index contributed by atoms with van der Waals surface area (Å²) in [6.07, 6.45) is 1.18. The number of hydrogen-bond acceptors (Lipinski definition) is 5. The van der Waals surface area contributed by atoms with E-state index in [2.05, 4.69) is 0 Å². The summed E-state index contributed by atoms with van der Waals surface area (Å²) in [5.74, 6) is -3.28. The normalized spacial score (nSPS) is 11.2. The van der Waals surface area contributed by atoms with Crippen LogP contribution >= 0.6 is 0 Å². The zero-order chi connectivity index (χ0) is 16.7. The maximum Gasteiger partial charge on any atom is 0.371 e. The molecule has 0 aliphatic rings. The number of aryl methyl sites for hydroxylation is 1. The summed E-state index contributed by atoms with van der Waals surface area (Å²) in [7, 11) is 0. The summed E-state index contributed by atoms with van der Waals surface area (Å²) in [4.78, 5) is 34.3. The molecule has 7 heteroatoms. The van der Waals surface area contributed by atoms with Gasteiger partial charge in [0, 0.05) is 17.0 Å². The van der Waals surface area contributed by atoms with Gasteiger partial charge >= 0.3 is 11.9 Å². The van der Waals surface area contributed by atoms with Crippen LogP contribution in [0.4, 0.5) is 0 Å². The highest BCUT2D eigenvalue weighted by Crippen LogP contribution is 2.31. The second-order valence-corrected chi connectivity index (χ2v) is 5.09. The molecule has 1 aromatic carbocycles. The lowest BCUT2D eigenvalue weighted by Crippen LogP contribution is -2.07. The molecule has 118 valence electrons. The van der Waals surface area contributed by atoms with E-state index in [4.69, 9.17) is 19.0 Å². The molecule has 0 radical (unpaired) electrons. The molecule has 2 heterocycles. The summed E-state index contributed by atoms with van der Waals surface area (Å²) >= 11 is 0. The number of fused-ring (bicyclic) bond motifs is 2. The SMILES string of the molecule is CCCc1c2cc(C(=O)O)oc2cc2c(=O)cc(C(=O)O)oc12. The van der Waals surface area contributed by atoms with Crippen LogP contribution in [0.1, 0.15) is 40.0 Å². The maximum absolute atomic E-state index is 12.2. The predicted molar refractivity (Wildman–Crippen MR) is 80.2 cm³/mol. The maximum atomic E-state index is 12.2. The number of hydrogen-bond donors (Lipinski definition) is 2. The molecular weight excluding hydrogens is 304 g/mol. The Balaban J connectivity index is 2.48. The van der Waals surface area contributed by atoms with Crippen LogP contribution in [0.25, 0.3) is 21.9 Å². The lowest BCUT2D eigenvalue weighted by atomic mass is 10.0. The Morgan fingerprint density at radius 1 is 1.00 bits per heavy atom. The molecule has 7 nitrogen and oxygen atoms in total. The molecule has 0 unspecified atom stereocenters. The van der Waals surface area contributed by atoms with Gasteiger partial charge in [-0.25, -0.2) is 9.59 Å². The summed E-state index contributed by atoms with van der Waals surface area (Å²) in [5, 5.41) is 18.8. The fraction of sp³-hybridized carbons (Fsp3) is 0.188. The van der Waals surface area contributed by atoms with Gasteiger partial charge in [0.05, 0.1) is 5.39 Å². The van der Waals surface area contributed by atoms with E-state index in [0.29, 0.717) is 23.8 Å². The molecule has 0 saturated heterocycles. The Bertz CT molecular complexity index is 1010. The largest absolute Gasteiger partial charge is 0.475 e. The first-order valence-corrected chi connectivity index (χ1v) is 6.92. The highest BCUT2D eigenvalue weighted by atomic mass is 16.4. The van der Waals surface area contributed by atoms with Crippen LogP contribution in [0.3, 0.4) is 0 Å². The zero-order valence-electron chi connectivity index (χ0n) is 12.1. The Kier molecular flexibility index (Phi) is 3.40. The number of carbonyl (C=O) groups is 2. The Morgan fingerprint density at radius 2 is 1.65 bits per heavy atom. The summed E-state index contributed by atoms with van der Waals surface area (Å²) in [6, 6.07) is 3.64. The van der Waals surface area contributed by atoms with E-state index >= 15 is 0 Å². The number of aromatic carboxylic acids is 2. The third-order valence-corrected chi connectivity index (χ3v) is 3.54. The third kappa shape index (κ3) is 2.36. The molecule has 2 aromatic heterocycles. The second kappa shape index (κ2) is 5.28. The van der Waals surface area contributed by atoms with Crippen molar-refractivity contribution in [3.8, 4) is 0 Å². The van der Waals surface area contributed by atoms with Crippen LogP contribution in [0.5, 0.6) is 0 Å². The molecule has 3 rings (SSSR count). The first kappa shape index (κ1) is 14.8. The predicted octanol–water partition coefficient (Wildman–Crippen LogP) is 2.89. The molecule has 0 aliphatic carbocycles. The van der Waals surface area contributed by atoms with Crippen molar-refractivity contribution < 1.29 is 28.6 Å². The van der Waals surface area contributed by atoms with Crippen LogP contribution < -0.4 is 5.43 Å². The minimum Gasteiger partial charge on any atom is -0.475 e. The number of benzene rings is 1. The summed E-state index contributed by atoms with van der Waals surface area (Å²) in [5.41, 5.74) is 0.461. The first-order valence-electron chi connectivity index (χ1n) is 6.92. The van der Waals surface area contributed by atoms with E-state index in [0.717, 1.165) is 6.07 Å². The van der Waals surface area contributed by atoms with Gasteiger partial charge in [-0.2, -0.15) is 0 Å². The average Bonchev–Trinajstić information content (AvgIpc) is 2.92. The smallest absolute Gasteiger partial charge is 0.371 e. The highest BCUT2D eigenvalue weighted by molar-refractivity contribution is 6.01. The van der Waals surface area contributed by atoms with Crippen LogP contribution in [0.15, 0.2) is 31.8 Å². The molecule has 3 aromatic rings. The van der Waals surface area contributed by atoms with Gasteiger partial charge in [0.2, 0.25) is 11.5 Å². The molecule has 0 amide bonds. The first-order chi connectivity index (χ1) is 10.9. The van der Waals surface area contributed by atoms with Gasteiger partial charge in [0.25, 0.3) is 0 Å². The van der Waals surface area contributed by atoms with E-state index in [1.54, 1.807) is 0 Å². The van der Waals surface area contributed by atoms with E-state index in [1.165, 1.54) is 12.1 Å². The van der Waals surface area contributed by atoms with Gasteiger partial charge in [-0.1, -0.05) is 13.3 Å². The number of carboxylic acids is 2. The van der Waals surface area contributed by atoms with Crippen molar-refractivity contribution in [2.75, 3.05) is 0 Å². The van der Waals surface area contributed by atoms with Crippen molar-refractivity contribution in [1.29, 1.82) is 0 Å². The number of carboxylic acid groups (broad SMARTS) is 2. The summed E-state index contributed by atoms with van der Waals surface area (Å²) in [6.45, 7) is 1.90. The topological polar surface area (TPSA) is 118 Å². The van der Waals surface area contributed by atoms with Crippen molar-refractivity contribution in [3.05, 3.63) is 45.5 Å². The lowest BCUT2D eigenvalue weighted by Gasteiger charge is -2.06. The Morgan fingerprint density at radius 3 is 2.26 bits per heavy atom. The second-order valence-electron chi connectivity index (χ2n) is 5.09. The molecule has 23 heavy (non-hydrogen) atoms. The van der Waals surface area contributed by atoms with Crippen LogP contribution in [0.2, 0.25) is 0 Å². The molecule has 0 bridgehead atoms. The monoisotopic (exact) mass is 316 g/mol. The fourth-order valence-electron chi connectivity index (χ4n) is 2.57. The van der Waals surface area contributed by atoms with Crippen LogP contribution in [-0.2, 0) is 6.42 Å². The molecule has 0 fully saturated rings. The van der Waals surface area contributed by atoms with Gasteiger partial charge in [-0.3, -0.25) is 4.79 Å². The van der Waals surface area contributed by atoms with Crippen molar-refractivity contribution in [3.63, 3.8) is 0 Å². The quantitative estimate of drug-likeness (QED) is 0.759. The van der Waals surface area contributed by atoms with Gasteiger partial charge < -0.3 is 19.0 Å². The Hall–Kier alpha value is -3.09. The van der Waals surface area contributed by atoms with Crippen LogP contribution in [0, 0.1) is 0 Å². The highest BCUT2D eigenvalue weighted by Gasteiger charge is 2.20. The standard InChI is InChI=1S/C16H12O7/c1-2-3-7-8-4-12(15(18)19)22-11(8)5-9-10(17)6-13(16(20)21)23-14(7)9/h4-6H,2-3H2,1H3,(H,18,19)(H,20,21). The zero-order valence-corrected chi connectivity index (χ0v) is 12.1. The molecular formula is C16H12O7.